The summed E-state index contributed by atoms with van der Waals surface area (Å²) in [6.07, 6.45) is 8.20. The zero-order valence-electron chi connectivity index (χ0n) is 14.5. The number of unbranched alkanes of at least 4 members (excludes halogenated alkanes) is 4. The average Bonchev–Trinajstić information content (AvgIpc) is 2.55. The van der Waals surface area contributed by atoms with Gasteiger partial charge in [0.25, 0.3) is 0 Å². The number of Topliss-reactive ketones (excluding diaryl/α,β-unsaturated/α-hetero) is 1. The van der Waals surface area contributed by atoms with Crippen molar-refractivity contribution in [1.29, 1.82) is 0 Å². The molecule has 1 unspecified atom stereocenters. The minimum absolute atomic E-state index is 0.0602. The molecular formula is C20H30O3. The quantitative estimate of drug-likeness (QED) is 0.422. The first-order valence-electron chi connectivity index (χ1n) is 8.93. The number of hydrogen-bond donors (Lipinski definition) is 1. The number of carboxylic acid groups (broad SMARTS) is 1. The molecule has 1 atom stereocenters. The monoisotopic (exact) mass is 318 g/mol. The Morgan fingerprint density at radius 1 is 0.957 bits per heavy atom. The van der Waals surface area contributed by atoms with Crippen molar-refractivity contribution in [2.75, 3.05) is 0 Å². The van der Waals surface area contributed by atoms with Crippen LogP contribution in [-0.2, 0) is 11.2 Å². The fraction of sp³-hybridized carbons (Fsp3) is 0.600. The molecule has 0 radical (unpaired) electrons. The lowest BCUT2D eigenvalue weighted by Gasteiger charge is -2.11. The summed E-state index contributed by atoms with van der Waals surface area (Å²) in [6.45, 7) is 4.28. The van der Waals surface area contributed by atoms with Crippen LogP contribution in [0.5, 0.6) is 0 Å². The van der Waals surface area contributed by atoms with Crippen molar-refractivity contribution >= 4 is 11.8 Å². The van der Waals surface area contributed by atoms with Gasteiger partial charge in [0.1, 0.15) is 0 Å². The highest BCUT2D eigenvalue weighted by molar-refractivity contribution is 5.97. The third-order valence-electron chi connectivity index (χ3n) is 4.28. The number of rotatable bonds is 12. The molecule has 0 amide bonds. The van der Waals surface area contributed by atoms with Crippen LogP contribution in [0.1, 0.15) is 81.1 Å². The lowest BCUT2D eigenvalue weighted by Crippen LogP contribution is -2.18. The smallest absolute Gasteiger partial charge is 0.306 e. The fourth-order valence-electron chi connectivity index (χ4n) is 2.71. The molecule has 3 nitrogen and oxygen atoms in total. The Hall–Kier alpha value is -1.64. The van der Waals surface area contributed by atoms with Crippen LogP contribution >= 0.6 is 0 Å². The van der Waals surface area contributed by atoms with Gasteiger partial charge in [0.2, 0.25) is 0 Å². The van der Waals surface area contributed by atoms with Crippen molar-refractivity contribution < 1.29 is 14.7 Å². The van der Waals surface area contributed by atoms with E-state index in [4.69, 9.17) is 0 Å². The summed E-state index contributed by atoms with van der Waals surface area (Å²) in [6, 6.07) is 7.65. The van der Waals surface area contributed by atoms with Crippen molar-refractivity contribution in [3.05, 3.63) is 35.4 Å². The molecule has 0 fully saturated rings. The van der Waals surface area contributed by atoms with Gasteiger partial charge in [-0.15, -0.1) is 0 Å². The largest absolute Gasteiger partial charge is 0.481 e. The van der Waals surface area contributed by atoms with Crippen LogP contribution in [0.25, 0.3) is 0 Å². The molecule has 0 aromatic heterocycles. The van der Waals surface area contributed by atoms with Crippen molar-refractivity contribution in [2.24, 2.45) is 5.92 Å². The van der Waals surface area contributed by atoms with E-state index in [0.29, 0.717) is 12.0 Å². The minimum atomic E-state index is -0.852. The van der Waals surface area contributed by atoms with Crippen molar-refractivity contribution in [1.82, 2.24) is 0 Å². The maximum Gasteiger partial charge on any atom is 0.306 e. The molecule has 1 rings (SSSR count). The molecule has 1 N–H and O–H groups in total. The molecule has 0 aliphatic carbocycles. The lowest BCUT2D eigenvalue weighted by molar-refractivity contribution is -0.141. The highest BCUT2D eigenvalue weighted by Crippen LogP contribution is 2.18. The molecule has 1 aromatic carbocycles. The number of aliphatic carboxylic acids is 1. The van der Waals surface area contributed by atoms with Gasteiger partial charge in [0.05, 0.1) is 5.92 Å². The summed E-state index contributed by atoms with van der Waals surface area (Å²) >= 11 is 0. The summed E-state index contributed by atoms with van der Waals surface area (Å²) < 4.78 is 0. The van der Waals surface area contributed by atoms with Crippen molar-refractivity contribution in [3.8, 4) is 0 Å². The van der Waals surface area contributed by atoms with Gasteiger partial charge in [-0.2, -0.15) is 0 Å². The Bertz CT molecular complexity index is 476. The zero-order valence-corrected chi connectivity index (χ0v) is 14.5. The van der Waals surface area contributed by atoms with E-state index >= 15 is 0 Å². The Labute approximate surface area is 140 Å². The summed E-state index contributed by atoms with van der Waals surface area (Å²) in [4.78, 5) is 23.7. The zero-order chi connectivity index (χ0) is 17.1. The summed E-state index contributed by atoms with van der Waals surface area (Å²) in [7, 11) is 0. The van der Waals surface area contributed by atoms with Gasteiger partial charge >= 0.3 is 5.97 Å². The Balaban J connectivity index is 2.55. The summed E-state index contributed by atoms with van der Waals surface area (Å²) in [5, 5.41) is 9.31. The molecule has 23 heavy (non-hydrogen) atoms. The molecule has 0 aliphatic rings. The molecule has 3 heteroatoms. The van der Waals surface area contributed by atoms with Crippen LogP contribution in [0.3, 0.4) is 0 Å². The van der Waals surface area contributed by atoms with Crippen LogP contribution in [-0.4, -0.2) is 16.9 Å². The van der Waals surface area contributed by atoms with Crippen LogP contribution in [0.4, 0.5) is 0 Å². The second-order valence-electron chi connectivity index (χ2n) is 6.31. The van der Waals surface area contributed by atoms with Gasteiger partial charge in [-0.25, -0.2) is 0 Å². The fourth-order valence-corrected chi connectivity index (χ4v) is 2.71. The van der Waals surface area contributed by atoms with E-state index in [-0.39, 0.29) is 12.2 Å². The van der Waals surface area contributed by atoms with E-state index in [1.54, 1.807) is 0 Å². The van der Waals surface area contributed by atoms with Gasteiger partial charge in [0.15, 0.2) is 5.78 Å². The molecule has 0 saturated heterocycles. The van der Waals surface area contributed by atoms with Crippen LogP contribution in [0.15, 0.2) is 24.3 Å². The molecule has 0 heterocycles. The normalized spacial score (nSPS) is 12.1. The lowest BCUT2D eigenvalue weighted by atomic mass is 9.92. The highest BCUT2D eigenvalue weighted by Gasteiger charge is 2.21. The van der Waals surface area contributed by atoms with Crippen molar-refractivity contribution in [3.63, 3.8) is 0 Å². The summed E-state index contributed by atoms with van der Waals surface area (Å²) in [5.74, 6) is -1.47. The molecular weight excluding hydrogens is 288 g/mol. The maximum absolute atomic E-state index is 12.3. The first-order chi connectivity index (χ1) is 11.1. The second-order valence-corrected chi connectivity index (χ2v) is 6.31. The van der Waals surface area contributed by atoms with E-state index in [9.17, 15) is 14.7 Å². The Morgan fingerprint density at radius 2 is 1.61 bits per heavy atom. The molecule has 1 aromatic rings. The van der Waals surface area contributed by atoms with E-state index in [1.807, 2.05) is 24.3 Å². The van der Waals surface area contributed by atoms with Gasteiger partial charge in [-0.05, 0) is 24.8 Å². The van der Waals surface area contributed by atoms with E-state index < -0.39 is 11.9 Å². The standard InChI is InChI=1S/C20H30O3/c1-3-5-7-8-10-18(20(22)23)15-19(21)17-13-11-16(12-14-17)9-6-4-2/h11-14,18H,3-10,15H2,1-2H3,(H,22,23). The highest BCUT2D eigenvalue weighted by atomic mass is 16.4. The number of carboxylic acids is 1. The third kappa shape index (κ3) is 7.45. The Kier molecular flexibility index (Phi) is 9.27. The number of ketones is 1. The van der Waals surface area contributed by atoms with Gasteiger partial charge in [-0.1, -0.05) is 70.2 Å². The SMILES string of the molecule is CCCCCCC(CC(=O)c1ccc(CCCC)cc1)C(=O)O. The number of aryl methyl sites for hydroxylation is 1. The molecule has 0 saturated carbocycles. The van der Waals surface area contributed by atoms with E-state index in [2.05, 4.69) is 13.8 Å². The van der Waals surface area contributed by atoms with Crippen LogP contribution in [0.2, 0.25) is 0 Å². The second kappa shape index (κ2) is 11.0. The predicted molar refractivity (Wildman–Crippen MR) is 93.9 cm³/mol. The number of carbonyl (C=O) groups excluding carboxylic acids is 1. The molecule has 0 aliphatic heterocycles. The van der Waals surface area contributed by atoms with Gasteiger partial charge in [0, 0.05) is 12.0 Å². The van der Waals surface area contributed by atoms with E-state index in [1.165, 1.54) is 5.56 Å². The maximum atomic E-state index is 12.3. The molecule has 0 bridgehead atoms. The third-order valence-corrected chi connectivity index (χ3v) is 4.28. The first kappa shape index (κ1) is 19.4. The molecule has 0 spiro atoms. The minimum Gasteiger partial charge on any atom is -0.481 e. The van der Waals surface area contributed by atoms with Gasteiger partial charge in [-0.3, -0.25) is 9.59 Å². The number of hydrogen-bond acceptors (Lipinski definition) is 2. The molecule has 128 valence electrons. The Morgan fingerprint density at radius 3 is 2.17 bits per heavy atom. The van der Waals surface area contributed by atoms with Crippen LogP contribution in [0, 0.1) is 5.92 Å². The van der Waals surface area contributed by atoms with Gasteiger partial charge < -0.3 is 5.11 Å². The average molecular weight is 318 g/mol. The number of carbonyl (C=O) groups is 2. The first-order valence-corrected chi connectivity index (χ1v) is 8.93. The topological polar surface area (TPSA) is 54.4 Å². The van der Waals surface area contributed by atoms with Crippen LogP contribution < -0.4 is 0 Å². The predicted octanol–water partition coefficient (Wildman–Crippen LogP) is 5.27. The van der Waals surface area contributed by atoms with Crippen molar-refractivity contribution in [2.45, 2.75) is 71.6 Å². The number of benzene rings is 1. The summed E-state index contributed by atoms with van der Waals surface area (Å²) in [5.41, 5.74) is 1.86. The van der Waals surface area contributed by atoms with E-state index in [0.717, 1.165) is 44.9 Å².